The van der Waals surface area contributed by atoms with Gasteiger partial charge in [0.25, 0.3) is 0 Å². The summed E-state index contributed by atoms with van der Waals surface area (Å²) in [7, 11) is 0. The highest BCUT2D eigenvalue weighted by Gasteiger charge is 2.20. The van der Waals surface area contributed by atoms with Crippen LogP contribution in [0.4, 0.5) is 4.39 Å². The zero-order chi connectivity index (χ0) is 14.4. The topological polar surface area (TPSA) is 40.5 Å². The SMILES string of the molecule is O=C(O)CCN1CCCC(CCc2ccccc2F)C1. The van der Waals surface area contributed by atoms with E-state index < -0.39 is 5.97 Å². The molecule has 0 radical (unpaired) electrons. The Morgan fingerprint density at radius 3 is 2.95 bits per heavy atom. The maximum atomic E-state index is 13.6. The maximum Gasteiger partial charge on any atom is 0.304 e. The highest BCUT2D eigenvalue weighted by molar-refractivity contribution is 5.66. The number of hydrogen-bond acceptors (Lipinski definition) is 2. The summed E-state index contributed by atoms with van der Waals surface area (Å²) in [6.07, 6.45) is 4.23. The van der Waals surface area contributed by atoms with E-state index in [9.17, 15) is 9.18 Å². The molecule has 110 valence electrons. The van der Waals surface area contributed by atoms with Gasteiger partial charge in [-0.15, -0.1) is 0 Å². The molecule has 1 aliphatic heterocycles. The minimum Gasteiger partial charge on any atom is -0.481 e. The Kier molecular flexibility index (Phi) is 5.53. The number of rotatable bonds is 6. The van der Waals surface area contributed by atoms with E-state index in [0.717, 1.165) is 44.3 Å². The first kappa shape index (κ1) is 15.0. The summed E-state index contributed by atoms with van der Waals surface area (Å²) >= 11 is 0. The van der Waals surface area contributed by atoms with Crippen LogP contribution >= 0.6 is 0 Å². The van der Waals surface area contributed by atoms with Crippen LogP contribution in [-0.4, -0.2) is 35.6 Å². The van der Waals surface area contributed by atoms with Crippen LogP contribution < -0.4 is 0 Å². The number of aryl methyl sites for hydroxylation is 1. The summed E-state index contributed by atoms with van der Waals surface area (Å²) in [6, 6.07) is 6.95. The number of nitrogens with zero attached hydrogens (tertiary/aromatic N) is 1. The highest BCUT2D eigenvalue weighted by atomic mass is 19.1. The monoisotopic (exact) mass is 279 g/mol. The van der Waals surface area contributed by atoms with Crippen molar-refractivity contribution in [3.05, 3.63) is 35.6 Å². The predicted molar refractivity (Wildman–Crippen MR) is 76.1 cm³/mol. The van der Waals surface area contributed by atoms with Crippen molar-refractivity contribution in [2.75, 3.05) is 19.6 Å². The van der Waals surface area contributed by atoms with Crippen LogP contribution in [0.25, 0.3) is 0 Å². The molecule has 1 aromatic carbocycles. The van der Waals surface area contributed by atoms with Gasteiger partial charge in [0.1, 0.15) is 5.82 Å². The molecule has 2 rings (SSSR count). The molecular formula is C16H22FNO2. The Morgan fingerprint density at radius 2 is 2.20 bits per heavy atom. The van der Waals surface area contributed by atoms with Crippen molar-refractivity contribution >= 4 is 5.97 Å². The van der Waals surface area contributed by atoms with Gasteiger partial charge in [0.15, 0.2) is 0 Å². The van der Waals surface area contributed by atoms with Gasteiger partial charge in [-0.1, -0.05) is 18.2 Å². The summed E-state index contributed by atoms with van der Waals surface area (Å²) in [6.45, 7) is 2.57. The van der Waals surface area contributed by atoms with Crippen molar-refractivity contribution in [3.63, 3.8) is 0 Å². The van der Waals surface area contributed by atoms with E-state index in [4.69, 9.17) is 5.11 Å². The standard InChI is InChI=1S/C16H22FNO2/c17-15-6-2-1-5-14(15)8-7-13-4-3-10-18(12-13)11-9-16(19)20/h1-2,5-6,13H,3-4,7-12H2,(H,19,20). The minimum atomic E-state index is -0.738. The van der Waals surface area contributed by atoms with Gasteiger partial charge in [0, 0.05) is 13.1 Å². The first-order chi connectivity index (χ1) is 9.65. The molecule has 4 heteroatoms. The number of carboxylic acid groups (broad SMARTS) is 1. The van der Waals surface area contributed by atoms with E-state index in [1.807, 2.05) is 12.1 Å². The lowest BCUT2D eigenvalue weighted by Gasteiger charge is -2.32. The fourth-order valence-electron chi connectivity index (χ4n) is 2.90. The zero-order valence-corrected chi connectivity index (χ0v) is 11.7. The quantitative estimate of drug-likeness (QED) is 0.870. The van der Waals surface area contributed by atoms with Gasteiger partial charge in [0.2, 0.25) is 0 Å². The lowest BCUT2D eigenvalue weighted by atomic mass is 9.91. The second-order valence-corrected chi connectivity index (χ2v) is 5.58. The number of piperidine rings is 1. The zero-order valence-electron chi connectivity index (χ0n) is 11.7. The first-order valence-corrected chi connectivity index (χ1v) is 7.32. The Bertz CT molecular complexity index is 450. The van der Waals surface area contributed by atoms with Gasteiger partial charge in [0.05, 0.1) is 6.42 Å². The smallest absolute Gasteiger partial charge is 0.304 e. The fourth-order valence-corrected chi connectivity index (χ4v) is 2.90. The Morgan fingerprint density at radius 1 is 1.40 bits per heavy atom. The number of hydrogen-bond donors (Lipinski definition) is 1. The Balaban J connectivity index is 1.78. The number of likely N-dealkylation sites (tertiary alicyclic amines) is 1. The molecule has 1 saturated heterocycles. The van der Waals surface area contributed by atoms with Gasteiger partial charge < -0.3 is 10.0 Å². The van der Waals surface area contributed by atoms with Gasteiger partial charge in [-0.2, -0.15) is 0 Å². The predicted octanol–water partition coefficient (Wildman–Crippen LogP) is 2.95. The normalized spacial score (nSPS) is 19.9. The van der Waals surface area contributed by atoms with Crippen LogP contribution in [-0.2, 0) is 11.2 Å². The van der Waals surface area contributed by atoms with E-state index >= 15 is 0 Å². The number of benzene rings is 1. The number of carbonyl (C=O) groups is 1. The third-order valence-electron chi connectivity index (χ3n) is 4.02. The second kappa shape index (κ2) is 7.39. The van der Waals surface area contributed by atoms with E-state index in [-0.39, 0.29) is 12.2 Å². The largest absolute Gasteiger partial charge is 0.481 e. The third kappa shape index (κ3) is 4.60. The molecule has 1 atom stereocenters. The average Bonchev–Trinajstić information content (AvgIpc) is 2.45. The highest BCUT2D eigenvalue weighted by Crippen LogP contribution is 2.22. The number of carboxylic acids is 1. The Hall–Kier alpha value is -1.42. The average molecular weight is 279 g/mol. The molecule has 0 saturated carbocycles. The van der Waals surface area contributed by atoms with Crippen molar-refractivity contribution in [2.24, 2.45) is 5.92 Å². The summed E-state index contributed by atoms with van der Waals surface area (Å²) in [5.74, 6) is -0.304. The molecule has 0 amide bonds. The van der Waals surface area contributed by atoms with Gasteiger partial charge in [-0.25, -0.2) is 4.39 Å². The molecule has 1 aromatic rings. The molecule has 1 unspecified atom stereocenters. The molecular weight excluding hydrogens is 257 g/mol. The molecule has 3 nitrogen and oxygen atoms in total. The van der Waals surface area contributed by atoms with Gasteiger partial charge >= 0.3 is 5.97 Å². The first-order valence-electron chi connectivity index (χ1n) is 7.32. The van der Waals surface area contributed by atoms with Gasteiger partial charge in [-0.3, -0.25) is 4.79 Å². The second-order valence-electron chi connectivity index (χ2n) is 5.58. The van der Waals surface area contributed by atoms with Crippen LogP contribution in [0.15, 0.2) is 24.3 Å². The van der Waals surface area contributed by atoms with Crippen molar-refractivity contribution in [1.29, 1.82) is 0 Å². The number of aliphatic carboxylic acids is 1. The molecule has 0 aromatic heterocycles. The summed E-state index contributed by atoms with van der Waals surface area (Å²) in [5.41, 5.74) is 0.787. The van der Waals surface area contributed by atoms with E-state index in [1.54, 1.807) is 6.07 Å². The molecule has 0 bridgehead atoms. The van der Waals surface area contributed by atoms with E-state index in [2.05, 4.69) is 4.90 Å². The van der Waals surface area contributed by atoms with Crippen LogP contribution in [0.3, 0.4) is 0 Å². The van der Waals surface area contributed by atoms with Crippen molar-refractivity contribution in [2.45, 2.75) is 32.1 Å². The maximum absolute atomic E-state index is 13.6. The molecule has 0 aliphatic carbocycles. The lowest BCUT2D eigenvalue weighted by molar-refractivity contribution is -0.137. The summed E-state index contributed by atoms with van der Waals surface area (Å²) in [4.78, 5) is 12.8. The molecule has 0 spiro atoms. The van der Waals surface area contributed by atoms with Crippen LogP contribution in [0.2, 0.25) is 0 Å². The molecule has 1 fully saturated rings. The van der Waals surface area contributed by atoms with Crippen LogP contribution in [0, 0.1) is 11.7 Å². The fraction of sp³-hybridized carbons (Fsp3) is 0.562. The molecule has 1 N–H and O–H groups in total. The van der Waals surface area contributed by atoms with Crippen LogP contribution in [0.1, 0.15) is 31.2 Å². The minimum absolute atomic E-state index is 0.119. The molecule has 20 heavy (non-hydrogen) atoms. The summed E-state index contributed by atoms with van der Waals surface area (Å²) < 4.78 is 13.6. The van der Waals surface area contributed by atoms with Crippen LogP contribution in [0.5, 0.6) is 0 Å². The third-order valence-corrected chi connectivity index (χ3v) is 4.02. The van der Waals surface area contributed by atoms with E-state index in [0.29, 0.717) is 12.5 Å². The van der Waals surface area contributed by atoms with Crippen molar-refractivity contribution in [3.8, 4) is 0 Å². The van der Waals surface area contributed by atoms with Crippen molar-refractivity contribution < 1.29 is 14.3 Å². The lowest BCUT2D eigenvalue weighted by Crippen LogP contribution is -2.36. The van der Waals surface area contributed by atoms with Gasteiger partial charge in [-0.05, 0) is 49.8 Å². The Labute approximate surface area is 119 Å². The summed E-state index contributed by atoms with van der Waals surface area (Å²) in [5, 5.41) is 8.72. The van der Waals surface area contributed by atoms with E-state index in [1.165, 1.54) is 6.07 Å². The van der Waals surface area contributed by atoms with Crippen molar-refractivity contribution in [1.82, 2.24) is 4.90 Å². The molecule has 1 aliphatic rings. The number of halogens is 1. The molecule has 1 heterocycles.